The molecule has 1 saturated heterocycles. The molecule has 104 valence electrons. The fraction of sp³-hybridized carbons (Fsp3) is 0.250. The van der Waals surface area contributed by atoms with Crippen molar-refractivity contribution in [1.82, 2.24) is 5.32 Å². The molecule has 1 aliphatic heterocycles. The highest BCUT2D eigenvalue weighted by molar-refractivity contribution is 5.38. The predicted octanol–water partition coefficient (Wildman–Crippen LogP) is 2.42. The Morgan fingerprint density at radius 2 is 1.25 bits per heavy atom. The Morgan fingerprint density at radius 3 is 1.55 bits per heavy atom. The molecule has 0 atom stereocenters. The molecule has 20 heavy (non-hydrogen) atoms. The minimum Gasteiger partial charge on any atom is -0.380 e. The first-order valence-corrected chi connectivity index (χ1v) is 6.56. The van der Waals surface area contributed by atoms with Crippen LogP contribution in [0.4, 0.5) is 8.78 Å². The van der Waals surface area contributed by atoms with E-state index in [1.54, 1.807) is 24.3 Å². The molecule has 0 aromatic heterocycles. The van der Waals surface area contributed by atoms with Crippen molar-refractivity contribution in [2.24, 2.45) is 5.92 Å². The van der Waals surface area contributed by atoms with Crippen molar-refractivity contribution >= 4 is 0 Å². The summed E-state index contributed by atoms with van der Waals surface area (Å²) in [6, 6.07) is 11.6. The molecule has 0 radical (unpaired) electrons. The van der Waals surface area contributed by atoms with Crippen LogP contribution in [0.15, 0.2) is 48.5 Å². The van der Waals surface area contributed by atoms with E-state index in [0.29, 0.717) is 24.2 Å². The summed E-state index contributed by atoms with van der Waals surface area (Å²) in [5.74, 6) is -0.706. The van der Waals surface area contributed by atoms with Gasteiger partial charge in [-0.3, -0.25) is 0 Å². The van der Waals surface area contributed by atoms with Crippen molar-refractivity contribution in [3.63, 3.8) is 0 Å². The number of halogens is 2. The number of nitrogens with one attached hydrogen (secondary N) is 1. The summed E-state index contributed by atoms with van der Waals surface area (Å²) in [6.07, 6.45) is 0. The first kappa shape index (κ1) is 13.2. The zero-order chi connectivity index (χ0) is 14.2. The molecule has 0 spiro atoms. The molecule has 2 N–H and O–H groups in total. The molecule has 4 heteroatoms. The van der Waals surface area contributed by atoms with Gasteiger partial charge in [0.2, 0.25) is 0 Å². The van der Waals surface area contributed by atoms with Crippen LogP contribution >= 0.6 is 0 Å². The zero-order valence-corrected chi connectivity index (χ0v) is 10.8. The minimum absolute atomic E-state index is 0.0153. The summed E-state index contributed by atoms with van der Waals surface area (Å²) >= 11 is 0. The lowest BCUT2D eigenvalue weighted by Crippen LogP contribution is -2.54. The molecule has 1 fully saturated rings. The van der Waals surface area contributed by atoms with Crippen LogP contribution in [0, 0.1) is 17.6 Å². The van der Waals surface area contributed by atoms with Gasteiger partial charge >= 0.3 is 0 Å². The molecular formula is C16H15F2NO. The van der Waals surface area contributed by atoms with Crippen LogP contribution in [0.5, 0.6) is 0 Å². The maximum Gasteiger partial charge on any atom is 0.123 e. The summed E-state index contributed by atoms with van der Waals surface area (Å²) in [5, 5.41) is 14.3. The second kappa shape index (κ2) is 4.96. The van der Waals surface area contributed by atoms with Gasteiger partial charge in [-0.1, -0.05) is 24.3 Å². The van der Waals surface area contributed by atoms with Crippen LogP contribution in [-0.2, 0) is 5.60 Å². The van der Waals surface area contributed by atoms with Crippen molar-refractivity contribution < 1.29 is 13.9 Å². The fourth-order valence-electron chi connectivity index (χ4n) is 2.63. The maximum absolute atomic E-state index is 13.1. The largest absolute Gasteiger partial charge is 0.380 e. The molecule has 0 unspecified atom stereocenters. The summed E-state index contributed by atoms with van der Waals surface area (Å²) in [7, 11) is 0. The molecule has 0 aliphatic carbocycles. The number of hydrogen-bond donors (Lipinski definition) is 2. The number of benzene rings is 2. The second-order valence-corrected chi connectivity index (χ2v) is 5.14. The van der Waals surface area contributed by atoms with Crippen LogP contribution in [0.3, 0.4) is 0 Å². The van der Waals surface area contributed by atoms with E-state index in [-0.39, 0.29) is 17.6 Å². The van der Waals surface area contributed by atoms with Gasteiger partial charge in [0.05, 0.1) is 0 Å². The van der Waals surface area contributed by atoms with Gasteiger partial charge in [-0.05, 0) is 35.4 Å². The normalized spacial score (nSPS) is 15.9. The Balaban J connectivity index is 2.08. The lowest BCUT2D eigenvalue weighted by Gasteiger charge is -2.42. The first-order valence-electron chi connectivity index (χ1n) is 6.56. The van der Waals surface area contributed by atoms with E-state index in [4.69, 9.17) is 0 Å². The zero-order valence-electron chi connectivity index (χ0n) is 10.8. The van der Waals surface area contributed by atoms with Gasteiger partial charge in [0, 0.05) is 19.0 Å². The highest BCUT2D eigenvalue weighted by Crippen LogP contribution is 2.38. The third-order valence-corrected chi connectivity index (χ3v) is 3.94. The summed E-state index contributed by atoms with van der Waals surface area (Å²) in [5.41, 5.74) is 0.0149. The molecule has 0 saturated carbocycles. The monoisotopic (exact) mass is 275 g/mol. The molecular weight excluding hydrogens is 260 g/mol. The fourth-order valence-corrected chi connectivity index (χ4v) is 2.63. The number of hydrogen-bond acceptors (Lipinski definition) is 2. The average molecular weight is 275 g/mol. The van der Waals surface area contributed by atoms with E-state index < -0.39 is 5.60 Å². The number of aliphatic hydroxyl groups is 1. The van der Waals surface area contributed by atoms with E-state index in [1.165, 1.54) is 24.3 Å². The molecule has 2 aromatic rings. The van der Waals surface area contributed by atoms with Crippen molar-refractivity contribution in [2.75, 3.05) is 13.1 Å². The van der Waals surface area contributed by atoms with Crippen LogP contribution < -0.4 is 5.32 Å². The molecule has 3 rings (SSSR count). The Kier molecular flexibility index (Phi) is 3.28. The average Bonchev–Trinajstić information content (AvgIpc) is 2.38. The molecule has 2 aromatic carbocycles. The maximum atomic E-state index is 13.1. The van der Waals surface area contributed by atoms with Crippen molar-refractivity contribution in [3.05, 3.63) is 71.3 Å². The molecule has 0 amide bonds. The highest BCUT2D eigenvalue weighted by atomic mass is 19.1. The Hall–Kier alpha value is -1.78. The van der Waals surface area contributed by atoms with Gasteiger partial charge in [-0.25, -0.2) is 8.78 Å². The third kappa shape index (κ3) is 2.11. The molecule has 1 heterocycles. The van der Waals surface area contributed by atoms with E-state index >= 15 is 0 Å². The Labute approximate surface area is 116 Å². The Bertz CT molecular complexity index is 545. The molecule has 0 bridgehead atoms. The van der Waals surface area contributed by atoms with Crippen molar-refractivity contribution in [1.29, 1.82) is 0 Å². The summed E-state index contributed by atoms with van der Waals surface area (Å²) < 4.78 is 26.2. The lowest BCUT2D eigenvalue weighted by atomic mass is 9.73. The van der Waals surface area contributed by atoms with Gasteiger partial charge in [-0.2, -0.15) is 0 Å². The van der Waals surface area contributed by atoms with Crippen LogP contribution in [0.25, 0.3) is 0 Å². The summed E-state index contributed by atoms with van der Waals surface area (Å²) in [6.45, 7) is 1.34. The van der Waals surface area contributed by atoms with Crippen molar-refractivity contribution in [2.45, 2.75) is 5.60 Å². The lowest BCUT2D eigenvalue weighted by molar-refractivity contribution is -0.00759. The predicted molar refractivity (Wildman–Crippen MR) is 72.2 cm³/mol. The molecule has 1 aliphatic rings. The quantitative estimate of drug-likeness (QED) is 0.901. The smallest absolute Gasteiger partial charge is 0.123 e. The number of rotatable bonds is 3. The van der Waals surface area contributed by atoms with E-state index in [9.17, 15) is 13.9 Å². The van der Waals surface area contributed by atoms with E-state index in [2.05, 4.69) is 5.32 Å². The van der Waals surface area contributed by atoms with Crippen LogP contribution in [0.2, 0.25) is 0 Å². The van der Waals surface area contributed by atoms with Gasteiger partial charge in [0.1, 0.15) is 17.2 Å². The Morgan fingerprint density at radius 1 is 0.850 bits per heavy atom. The topological polar surface area (TPSA) is 32.3 Å². The van der Waals surface area contributed by atoms with E-state index in [1.807, 2.05) is 0 Å². The second-order valence-electron chi connectivity index (χ2n) is 5.14. The van der Waals surface area contributed by atoms with Crippen LogP contribution in [-0.4, -0.2) is 18.2 Å². The minimum atomic E-state index is -1.23. The van der Waals surface area contributed by atoms with E-state index in [0.717, 1.165) is 0 Å². The highest BCUT2D eigenvalue weighted by Gasteiger charge is 2.43. The standard InChI is InChI=1S/C16H15F2NO/c17-14-5-1-11(2-6-14)16(20,13-9-19-10-13)12-3-7-15(18)8-4-12/h1-8,13,19-20H,9-10H2. The van der Waals surface area contributed by atoms with Gasteiger partial charge in [0.25, 0.3) is 0 Å². The van der Waals surface area contributed by atoms with Gasteiger partial charge in [-0.15, -0.1) is 0 Å². The van der Waals surface area contributed by atoms with Crippen LogP contribution in [0.1, 0.15) is 11.1 Å². The SMILES string of the molecule is OC(c1ccc(F)cc1)(c1ccc(F)cc1)C1CNC1. The van der Waals surface area contributed by atoms with Gasteiger partial charge in [0.15, 0.2) is 0 Å². The third-order valence-electron chi connectivity index (χ3n) is 3.94. The van der Waals surface area contributed by atoms with Gasteiger partial charge < -0.3 is 10.4 Å². The summed E-state index contributed by atoms with van der Waals surface area (Å²) in [4.78, 5) is 0. The van der Waals surface area contributed by atoms with Crippen molar-refractivity contribution in [3.8, 4) is 0 Å². The first-order chi connectivity index (χ1) is 9.60. The molecule has 2 nitrogen and oxygen atoms in total.